The molecule has 3 aromatic carbocycles. The third-order valence-corrected chi connectivity index (χ3v) is 8.70. The Morgan fingerprint density at radius 3 is 2.15 bits per heavy atom. The molecule has 220 valence electrons. The van der Waals surface area contributed by atoms with Gasteiger partial charge in [0.25, 0.3) is 10.0 Å². The summed E-state index contributed by atoms with van der Waals surface area (Å²) < 4.78 is 45.2. The quantitative estimate of drug-likeness (QED) is 0.318. The van der Waals surface area contributed by atoms with Gasteiger partial charge in [-0.1, -0.05) is 41.4 Å². The highest BCUT2D eigenvalue weighted by Crippen LogP contribution is 2.37. The van der Waals surface area contributed by atoms with E-state index in [0.29, 0.717) is 16.3 Å². The largest absolute Gasteiger partial charge is 0.495 e. The Balaban J connectivity index is 2.16. The van der Waals surface area contributed by atoms with Gasteiger partial charge in [0, 0.05) is 29.7 Å². The molecule has 3 rings (SSSR count). The van der Waals surface area contributed by atoms with E-state index in [4.69, 9.17) is 37.4 Å². The number of halogens is 2. The molecule has 1 N–H and O–H groups in total. The van der Waals surface area contributed by atoms with Crippen molar-refractivity contribution in [1.29, 1.82) is 0 Å². The fourth-order valence-electron chi connectivity index (χ4n) is 4.08. The van der Waals surface area contributed by atoms with Crippen LogP contribution in [0.1, 0.15) is 12.5 Å². The third kappa shape index (κ3) is 7.16. The number of amides is 2. The van der Waals surface area contributed by atoms with Crippen molar-refractivity contribution < 1.29 is 32.2 Å². The molecule has 0 bridgehead atoms. The zero-order valence-corrected chi connectivity index (χ0v) is 25.5. The molecule has 0 unspecified atom stereocenters. The van der Waals surface area contributed by atoms with Crippen LogP contribution >= 0.6 is 23.2 Å². The van der Waals surface area contributed by atoms with E-state index in [0.717, 1.165) is 4.31 Å². The lowest BCUT2D eigenvalue weighted by atomic mass is 10.1. The second-order valence-corrected chi connectivity index (χ2v) is 11.5. The van der Waals surface area contributed by atoms with Crippen LogP contribution in [0.25, 0.3) is 0 Å². The second kappa shape index (κ2) is 13.8. The summed E-state index contributed by atoms with van der Waals surface area (Å²) in [5.41, 5.74) is 0.598. The van der Waals surface area contributed by atoms with Crippen LogP contribution in [0, 0.1) is 0 Å². The minimum absolute atomic E-state index is 0.0217. The van der Waals surface area contributed by atoms with Gasteiger partial charge in [0.05, 0.1) is 31.9 Å². The summed E-state index contributed by atoms with van der Waals surface area (Å²) in [7, 11) is 1.18. The number of ether oxygens (including phenoxy) is 3. The zero-order chi connectivity index (χ0) is 30.3. The number of hydrogen-bond acceptors (Lipinski definition) is 7. The number of sulfonamides is 1. The monoisotopic (exact) mass is 623 g/mol. The third-order valence-electron chi connectivity index (χ3n) is 6.34. The molecular weight excluding hydrogens is 593 g/mol. The van der Waals surface area contributed by atoms with E-state index in [9.17, 15) is 18.0 Å². The first-order valence-electron chi connectivity index (χ1n) is 12.3. The molecule has 0 aliphatic carbocycles. The Hall–Kier alpha value is -3.67. The van der Waals surface area contributed by atoms with Gasteiger partial charge in [0.2, 0.25) is 11.8 Å². The molecule has 41 heavy (non-hydrogen) atoms. The molecule has 3 aromatic rings. The molecule has 10 nitrogen and oxygen atoms in total. The Labute approximate surface area is 249 Å². The molecule has 0 radical (unpaired) electrons. The van der Waals surface area contributed by atoms with Gasteiger partial charge in [-0.25, -0.2) is 8.42 Å². The highest BCUT2D eigenvalue weighted by Gasteiger charge is 2.34. The van der Waals surface area contributed by atoms with Gasteiger partial charge in [-0.2, -0.15) is 0 Å². The van der Waals surface area contributed by atoms with Crippen LogP contribution in [-0.4, -0.2) is 66.1 Å². The van der Waals surface area contributed by atoms with Gasteiger partial charge >= 0.3 is 0 Å². The van der Waals surface area contributed by atoms with E-state index in [2.05, 4.69) is 5.32 Å². The zero-order valence-electron chi connectivity index (χ0n) is 23.2. The molecular formula is C28H31Cl2N3O7S. The van der Waals surface area contributed by atoms with Gasteiger partial charge < -0.3 is 24.4 Å². The first-order chi connectivity index (χ1) is 19.5. The fraction of sp³-hybridized carbons (Fsp3) is 0.286. The van der Waals surface area contributed by atoms with Crippen LogP contribution in [0.5, 0.6) is 17.2 Å². The first-order valence-corrected chi connectivity index (χ1v) is 14.5. The Morgan fingerprint density at radius 1 is 0.902 bits per heavy atom. The molecule has 13 heteroatoms. The first kappa shape index (κ1) is 31.9. The molecule has 0 aliphatic rings. The van der Waals surface area contributed by atoms with Crippen molar-refractivity contribution in [2.24, 2.45) is 0 Å². The lowest BCUT2D eigenvalue weighted by molar-refractivity contribution is -0.139. The maximum Gasteiger partial charge on any atom is 0.265 e. The van der Waals surface area contributed by atoms with Crippen LogP contribution < -0.4 is 23.8 Å². The number of carbonyl (C=O) groups excluding carboxylic acids is 2. The second-order valence-electron chi connectivity index (χ2n) is 8.75. The SMILES string of the molecule is CNC(=O)[C@@H](C)N(Cc1ccccc1Cl)C(=O)CN(c1cc(Cl)ccc1OC)S(=O)(=O)c1ccc(OC)c(OC)c1. The van der Waals surface area contributed by atoms with Crippen molar-refractivity contribution in [3.63, 3.8) is 0 Å². The number of carbonyl (C=O) groups is 2. The maximum absolute atomic E-state index is 14.2. The van der Waals surface area contributed by atoms with Crippen LogP contribution in [0.4, 0.5) is 5.69 Å². The van der Waals surface area contributed by atoms with Gasteiger partial charge in [0.1, 0.15) is 18.3 Å². The highest BCUT2D eigenvalue weighted by atomic mass is 35.5. The van der Waals surface area contributed by atoms with Crippen molar-refractivity contribution in [2.75, 3.05) is 39.2 Å². The average molecular weight is 625 g/mol. The summed E-state index contributed by atoms with van der Waals surface area (Å²) in [5.74, 6) is -0.471. The molecule has 0 spiro atoms. The lowest BCUT2D eigenvalue weighted by Gasteiger charge is -2.32. The Bertz CT molecular complexity index is 1520. The number of nitrogens with one attached hydrogen (secondary N) is 1. The van der Waals surface area contributed by atoms with E-state index in [1.807, 2.05) is 0 Å². The number of anilines is 1. The molecule has 1 atom stereocenters. The van der Waals surface area contributed by atoms with E-state index in [-0.39, 0.29) is 33.6 Å². The fourth-order valence-corrected chi connectivity index (χ4v) is 5.87. The van der Waals surface area contributed by atoms with Crippen LogP contribution in [0.3, 0.4) is 0 Å². The number of likely N-dealkylation sites (N-methyl/N-ethyl adjacent to an activating group) is 1. The summed E-state index contributed by atoms with van der Waals surface area (Å²) in [6.07, 6.45) is 0. The number of hydrogen-bond donors (Lipinski definition) is 1. The predicted molar refractivity (Wildman–Crippen MR) is 158 cm³/mol. The standard InChI is InChI=1S/C28H31Cl2N3O7S/c1-18(28(35)31-2)32(16-19-8-6-7-9-22(19)30)27(34)17-33(23-14-20(29)10-12-24(23)38-3)41(36,37)21-11-13-25(39-4)26(15-21)40-5/h6-15,18H,16-17H2,1-5H3,(H,31,35)/t18-/m1/s1. The van der Waals surface area contributed by atoms with E-state index in [1.165, 1.54) is 69.7 Å². The van der Waals surface area contributed by atoms with Gasteiger partial charge in [-0.05, 0) is 48.9 Å². The Kier molecular flexibility index (Phi) is 10.7. The average Bonchev–Trinajstić information content (AvgIpc) is 2.97. The van der Waals surface area contributed by atoms with Crippen LogP contribution in [-0.2, 0) is 26.2 Å². The molecule has 0 fully saturated rings. The van der Waals surface area contributed by atoms with Crippen molar-refractivity contribution in [3.8, 4) is 17.2 Å². The van der Waals surface area contributed by atoms with Crippen LogP contribution in [0.2, 0.25) is 10.0 Å². The van der Waals surface area contributed by atoms with E-state index < -0.39 is 34.4 Å². The van der Waals surface area contributed by atoms with Gasteiger partial charge in [-0.15, -0.1) is 0 Å². The predicted octanol–water partition coefficient (Wildman–Crippen LogP) is 4.38. The minimum atomic E-state index is -4.44. The van der Waals surface area contributed by atoms with Gasteiger partial charge in [0.15, 0.2) is 11.5 Å². The molecule has 0 aliphatic heterocycles. The molecule has 0 heterocycles. The summed E-state index contributed by atoms with van der Waals surface area (Å²) in [6, 6.07) is 14.4. The smallest absolute Gasteiger partial charge is 0.265 e. The number of benzene rings is 3. The maximum atomic E-state index is 14.2. The molecule has 0 aromatic heterocycles. The highest BCUT2D eigenvalue weighted by molar-refractivity contribution is 7.92. The number of nitrogens with zero attached hydrogens (tertiary/aromatic N) is 2. The van der Waals surface area contributed by atoms with Gasteiger partial charge in [-0.3, -0.25) is 13.9 Å². The number of methoxy groups -OCH3 is 3. The van der Waals surface area contributed by atoms with E-state index >= 15 is 0 Å². The lowest BCUT2D eigenvalue weighted by Crippen LogP contribution is -2.50. The molecule has 0 saturated carbocycles. The normalized spacial score (nSPS) is 11.8. The molecule has 2 amide bonds. The summed E-state index contributed by atoms with van der Waals surface area (Å²) in [6.45, 7) is 0.796. The summed E-state index contributed by atoms with van der Waals surface area (Å²) in [4.78, 5) is 27.7. The number of rotatable bonds is 12. The molecule has 0 saturated heterocycles. The minimum Gasteiger partial charge on any atom is -0.495 e. The van der Waals surface area contributed by atoms with Crippen molar-refractivity contribution >= 4 is 50.7 Å². The topological polar surface area (TPSA) is 114 Å². The summed E-state index contributed by atoms with van der Waals surface area (Å²) >= 11 is 12.6. The van der Waals surface area contributed by atoms with Crippen molar-refractivity contribution in [3.05, 3.63) is 76.3 Å². The van der Waals surface area contributed by atoms with Crippen LogP contribution in [0.15, 0.2) is 65.6 Å². The van der Waals surface area contributed by atoms with Crippen molar-refractivity contribution in [1.82, 2.24) is 10.2 Å². The van der Waals surface area contributed by atoms with E-state index in [1.54, 1.807) is 31.2 Å². The summed E-state index contributed by atoms with van der Waals surface area (Å²) in [5, 5.41) is 3.13. The Morgan fingerprint density at radius 2 is 1.54 bits per heavy atom. The van der Waals surface area contributed by atoms with Crippen molar-refractivity contribution in [2.45, 2.75) is 24.4 Å².